The number of benzene rings is 1. The second-order valence-corrected chi connectivity index (χ2v) is 5.82. The van der Waals surface area contributed by atoms with Crippen molar-refractivity contribution < 1.29 is 14.9 Å². The highest BCUT2D eigenvalue weighted by Crippen LogP contribution is 2.40. The molecule has 0 aliphatic heterocycles. The molecule has 3 atom stereocenters. The van der Waals surface area contributed by atoms with E-state index < -0.39 is 6.10 Å². The topological polar surface area (TPSA) is 61.7 Å². The summed E-state index contributed by atoms with van der Waals surface area (Å²) >= 11 is 0. The Morgan fingerprint density at radius 2 is 2.00 bits per heavy atom. The number of aliphatic hydroxyl groups is 2. The summed E-state index contributed by atoms with van der Waals surface area (Å²) < 4.78 is 5.09. The molecule has 1 fully saturated rings. The molecule has 1 aromatic rings. The average Bonchev–Trinajstić information content (AvgIpc) is 2.43. The maximum atomic E-state index is 10.1. The molecule has 2 rings (SSSR count). The lowest BCUT2D eigenvalue weighted by Gasteiger charge is -2.50. The van der Waals surface area contributed by atoms with Crippen LogP contribution in [-0.4, -0.2) is 36.0 Å². The third kappa shape index (κ3) is 2.91. The zero-order valence-electron chi connectivity index (χ0n) is 11.8. The van der Waals surface area contributed by atoms with Crippen molar-refractivity contribution >= 4 is 0 Å². The molecular formula is C15H23NO3. The minimum Gasteiger partial charge on any atom is -0.497 e. The summed E-state index contributed by atoms with van der Waals surface area (Å²) in [6, 6.07) is 7.68. The Morgan fingerprint density at radius 3 is 2.47 bits per heavy atom. The van der Waals surface area contributed by atoms with E-state index in [-0.39, 0.29) is 17.6 Å². The van der Waals surface area contributed by atoms with Crippen LogP contribution in [0.4, 0.5) is 0 Å². The van der Waals surface area contributed by atoms with Gasteiger partial charge in [-0.2, -0.15) is 0 Å². The van der Waals surface area contributed by atoms with Crippen LogP contribution in [0.15, 0.2) is 24.3 Å². The molecule has 0 amide bonds. The number of aliphatic hydroxyl groups excluding tert-OH is 2. The highest BCUT2D eigenvalue weighted by molar-refractivity contribution is 5.28. The van der Waals surface area contributed by atoms with Gasteiger partial charge in [0.05, 0.1) is 19.3 Å². The van der Waals surface area contributed by atoms with Crippen molar-refractivity contribution in [1.29, 1.82) is 0 Å². The predicted molar refractivity (Wildman–Crippen MR) is 74.1 cm³/mol. The monoisotopic (exact) mass is 265 g/mol. The lowest BCUT2D eigenvalue weighted by Crippen LogP contribution is -2.60. The van der Waals surface area contributed by atoms with Crippen LogP contribution in [0.3, 0.4) is 0 Å². The second-order valence-electron chi connectivity index (χ2n) is 5.82. The summed E-state index contributed by atoms with van der Waals surface area (Å²) in [5.74, 6) is 0.784. The fourth-order valence-electron chi connectivity index (χ4n) is 2.45. The molecule has 3 unspecified atom stereocenters. The molecule has 0 spiro atoms. The maximum absolute atomic E-state index is 10.1. The summed E-state index contributed by atoms with van der Waals surface area (Å²) in [5, 5.41) is 23.1. The molecule has 1 saturated carbocycles. The molecule has 0 heterocycles. The quantitative estimate of drug-likeness (QED) is 0.754. The Morgan fingerprint density at radius 1 is 1.37 bits per heavy atom. The molecule has 0 saturated heterocycles. The Bertz CT molecular complexity index is 416. The van der Waals surface area contributed by atoms with Crippen LogP contribution < -0.4 is 10.1 Å². The van der Waals surface area contributed by atoms with Gasteiger partial charge in [0, 0.05) is 18.0 Å². The minimum atomic E-state index is -0.542. The van der Waals surface area contributed by atoms with Crippen molar-refractivity contribution in [2.24, 2.45) is 5.41 Å². The SMILES string of the molecule is COc1ccc(C(O)CNC2CC(O)C2(C)C)cc1. The van der Waals surface area contributed by atoms with Crippen molar-refractivity contribution in [3.05, 3.63) is 29.8 Å². The van der Waals surface area contributed by atoms with E-state index in [2.05, 4.69) is 5.32 Å². The average molecular weight is 265 g/mol. The van der Waals surface area contributed by atoms with Gasteiger partial charge in [0.15, 0.2) is 0 Å². The van der Waals surface area contributed by atoms with Crippen LogP contribution in [0, 0.1) is 5.41 Å². The highest BCUT2D eigenvalue weighted by Gasteiger charge is 2.46. The van der Waals surface area contributed by atoms with Crippen molar-refractivity contribution in [2.75, 3.05) is 13.7 Å². The first-order valence-corrected chi connectivity index (χ1v) is 6.68. The van der Waals surface area contributed by atoms with E-state index in [0.29, 0.717) is 6.54 Å². The van der Waals surface area contributed by atoms with Gasteiger partial charge in [-0.15, -0.1) is 0 Å². The van der Waals surface area contributed by atoms with E-state index in [4.69, 9.17) is 4.74 Å². The first-order valence-electron chi connectivity index (χ1n) is 6.68. The van der Waals surface area contributed by atoms with Gasteiger partial charge in [-0.3, -0.25) is 0 Å². The Hall–Kier alpha value is -1.10. The number of methoxy groups -OCH3 is 1. The van der Waals surface area contributed by atoms with Crippen LogP contribution in [-0.2, 0) is 0 Å². The van der Waals surface area contributed by atoms with E-state index >= 15 is 0 Å². The fraction of sp³-hybridized carbons (Fsp3) is 0.600. The molecule has 4 nitrogen and oxygen atoms in total. The third-order valence-electron chi connectivity index (χ3n) is 4.27. The van der Waals surface area contributed by atoms with E-state index in [1.807, 2.05) is 38.1 Å². The first kappa shape index (κ1) is 14.3. The molecule has 0 bridgehead atoms. The fourth-order valence-corrected chi connectivity index (χ4v) is 2.45. The number of ether oxygens (including phenoxy) is 1. The summed E-state index contributed by atoms with van der Waals surface area (Å²) in [6.45, 7) is 4.57. The van der Waals surface area contributed by atoms with Gasteiger partial charge in [0.25, 0.3) is 0 Å². The molecule has 1 aliphatic carbocycles. The van der Waals surface area contributed by atoms with Crippen molar-refractivity contribution in [3.63, 3.8) is 0 Å². The predicted octanol–water partition coefficient (Wildman–Crippen LogP) is 1.48. The Kier molecular flexibility index (Phi) is 4.13. The lowest BCUT2D eigenvalue weighted by atomic mass is 9.64. The van der Waals surface area contributed by atoms with Gasteiger partial charge >= 0.3 is 0 Å². The van der Waals surface area contributed by atoms with Gasteiger partial charge in [0.2, 0.25) is 0 Å². The van der Waals surface area contributed by atoms with Crippen LogP contribution in [0.1, 0.15) is 31.9 Å². The summed E-state index contributed by atoms with van der Waals surface area (Å²) in [6.07, 6.45) is -0.0370. The molecule has 19 heavy (non-hydrogen) atoms. The standard InChI is InChI=1S/C15H23NO3/c1-15(2)13(8-14(15)18)16-9-12(17)10-4-6-11(19-3)7-5-10/h4-7,12-14,16-18H,8-9H2,1-3H3. The molecule has 1 aliphatic rings. The van der Waals surface area contributed by atoms with Crippen LogP contribution in [0.25, 0.3) is 0 Å². The number of rotatable bonds is 5. The molecule has 106 valence electrons. The van der Waals surface area contributed by atoms with Crippen LogP contribution in [0.2, 0.25) is 0 Å². The summed E-state index contributed by atoms with van der Waals surface area (Å²) in [7, 11) is 1.62. The van der Waals surface area contributed by atoms with E-state index in [1.54, 1.807) is 7.11 Å². The number of nitrogens with one attached hydrogen (secondary N) is 1. The third-order valence-corrected chi connectivity index (χ3v) is 4.27. The highest BCUT2D eigenvalue weighted by atomic mass is 16.5. The van der Waals surface area contributed by atoms with E-state index in [9.17, 15) is 10.2 Å². The zero-order chi connectivity index (χ0) is 14.0. The molecule has 1 aromatic carbocycles. The molecule has 3 N–H and O–H groups in total. The largest absolute Gasteiger partial charge is 0.497 e. The van der Waals surface area contributed by atoms with Crippen molar-refractivity contribution in [1.82, 2.24) is 5.32 Å². The van der Waals surface area contributed by atoms with Gasteiger partial charge in [-0.25, -0.2) is 0 Å². The molecule has 0 aromatic heterocycles. The van der Waals surface area contributed by atoms with Crippen LogP contribution in [0.5, 0.6) is 5.75 Å². The maximum Gasteiger partial charge on any atom is 0.118 e. The molecular weight excluding hydrogens is 242 g/mol. The normalized spacial score (nSPS) is 26.6. The molecule has 4 heteroatoms. The smallest absolute Gasteiger partial charge is 0.118 e. The summed E-state index contributed by atoms with van der Waals surface area (Å²) in [4.78, 5) is 0. The van der Waals surface area contributed by atoms with Crippen molar-refractivity contribution in [2.45, 2.75) is 38.5 Å². The zero-order valence-corrected chi connectivity index (χ0v) is 11.8. The Balaban J connectivity index is 1.86. The van der Waals surface area contributed by atoms with Crippen LogP contribution >= 0.6 is 0 Å². The van der Waals surface area contributed by atoms with Gasteiger partial charge < -0.3 is 20.3 Å². The summed E-state index contributed by atoms with van der Waals surface area (Å²) in [5.41, 5.74) is 0.755. The second kappa shape index (κ2) is 5.49. The Labute approximate surface area is 114 Å². The molecule has 0 radical (unpaired) electrons. The van der Waals surface area contributed by atoms with Gasteiger partial charge in [-0.1, -0.05) is 26.0 Å². The number of hydrogen-bond acceptors (Lipinski definition) is 4. The van der Waals surface area contributed by atoms with Gasteiger partial charge in [0.1, 0.15) is 5.75 Å². The lowest BCUT2D eigenvalue weighted by molar-refractivity contribution is -0.0749. The van der Waals surface area contributed by atoms with E-state index in [0.717, 1.165) is 17.7 Å². The van der Waals surface area contributed by atoms with E-state index in [1.165, 1.54) is 0 Å². The minimum absolute atomic E-state index is 0.111. The van der Waals surface area contributed by atoms with Crippen molar-refractivity contribution in [3.8, 4) is 5.75 Å². The first-order chi connectivity index (χ1) is 8.95. The number of hydrogen-bond donors (Lipinski definition) is 3. The van der Waals surface area contributed by atoms with Gasteiger partial charge in [-0.05, 0) is 24.1 Å².